The molecule has 0 atom stereocenters. The molecule has 0 unspecified atom stereocenters. The molecule has 0 saturated heterocycles. The van der Waals surface area contributed by atoms with Crippen molar-refractivity contribution in [2.45, 2.75) is 20.5 Å². The molecule has 3 rings (SSSR count). The van der Waals surface area contributed by atoms with Gasteiger partial charge in [0.1, 0.15) is 17.9 Å². The summed E-state index contributed by atoms with van der Waals surface area (Å²) in [5, 5.41) is 5.54. The number of nitrogens with zero attached hydrogens (tertiary/aromatic N) is 2. The van der Waals surface area contributed by atoms with E-state index in [9.17, 15) is 0 Å². The van der Waals surface area contributed by atoms with E-state index in [-0.39, 0.29) is 6.61 Å². The molecular formula is C21H18Cl3N3O. The van der Waals surface area contributed by atoms with Gasteiger partial charge in [-0.15, -0.1) is 0 Å². The Labute approximate surface area is 178 Å². The number of aryl methyl sites for hydroxylation is 1. The number of benzene rings is 1. The lowest BCUT2D eigenvalue weighted by Gasteiger charge is -2.16. The molecule has 0 radical (unpaired) electrons. The number of pyridine rings is 2. The molecule has 0 fully saturated rings. The maximum Gasteiger partial charge on any atom is 0.146 e. The summed E-state index contributed by atoms with van der Waals surface area (Å²) >= 11 is 18.7. The molecule has 0 bridgehead atoms. The van der Waals surface area contributed by atoms with Crippen LogP contribution in [-0.4, -0.2) is 9.97 Å². The highest BCUT2D eigenvalue weighted by Crippen LogP contribution is 2.33. The molecule has 7 heteroatoms. The average Bonchev–Trinajstić information content (AvgIpc) is 2.65. The summed E-state index contributed by atoms with van der Waals surface area (Å²) in [6.07, 6.45) is 4.67. The minimum atomic E-state index is 0.201. The minimum absolute atomic E-state index is 0.201. The molecule has 0 aliphatic carbocycles. The van der Waals surface area contributed by atoms with Crippen molar-refractivity contribution in [3.8, 4) is 5.75 Å². The van der Waals surface area contributed by atoms with Crippen LogP contribution in [-0.2, 0) is 6.61 Å². The molecule has 0 saturated carbocycles. The van der Waals surface area contributed by atoms with E-state index < -0.39 is 0 Å². The van der Waals surface area contributed by atoms with Crippen LogP contribution in [0.1, 0.15) is 23.7 Å². The number of rotatable bonds is 6. The Hall–Kier alpha value is -2.27. The summed E-state index contributed by atoms with van der Waals surface area (Å²) in [6.45, 7) is 7.68. The first kappa shape index (κ1) is 20.5. The van der Waals surface area contributed by atoms with Crippen molar-refractivity contribution in [3.05, 3.63) is 81.3 Å². The number of ether oxygens (including phenoxy) is 1. The van der Waals surface area contributed by atoms with Gasteiger partial charge in [0.2, 0.25) is 0 Å². The van der Waals surface area contributed by atoms with Crippen molar-refractivity contribution in [2.24, 2.45) is 0 Å². The van der Waals surface area contributed by atoms with E-state index in [2.05, 4.69) is 21.9 Å². The Morgan fingerprint density at radius 2 is 1.96 bits per heavy atom. The van der Waals surface area contributed by atoms with Gasteiger partial charge in [0.05, 0.1) is 15.7 Å². The molecule has 144 valence electrons. The number of hydrogen-bond acceptors (Lipinski definition) is 4. The summed E-state index contributed by atoms with van der Waals surface area (Å²) in [7, 11) is 0. The van der Waals surface area contributed by atoms with Crippen molar-refractivity contribution in [1.29, 1.82) is 0 Å². The fourth-order valence-electron chi connectivity index (χ4n) is 2.86. The molecule has 4 nitrogen and oxygen atoms in total. The van der Waals surface area contributed by atoms with Crippen LogP contribution < -0.4 is 10.1 Å². The predicted molar refractivity (Wildman–Crippen MR) is 117 cm³/mol. The molecule has 2 aromatic heterocycles. The SMILES string of the molecule is C=CN/C(=C(\C)Cl)c1cc(C)nc2c(OCc3c(Cl)cncc3Cl)cccc12. The van der Waals surface area contributed by atoms with E-state index in [0.29, 0.717) is 26.4 Å². The smallest absolute Gasteiger partial charge is 0.146 e. The number of fused-ring (bicyclic) bond motifs is 1. The zero-order chi connectivity index (χ0) is 20.3. The lowest BCUT2D eigenvalue weighted by atomic mass is 10.0. The zero-order valence-corrected chi connectivity index (χ0v) is 17.7. The van der Waals surface area contributed by atoms with Crippen molar-refractivity contribution >= 4 is 51.4 Å². The quantitative estimate of drug-likeness (QED) is 0.482. The molecule has 0 aliphatic heterocycles. The molecule has 0 amide bonds. The number of nitrogens with one attached hydrogen (secondary N) is 1. The van der Waals surface area contributed by atoms with Gasteiger partial charge in [-0.05, 0) is 32.2 Å². The maximum absolute atomic E-state index is 6.31. The summed E-state index contributed by atoms with van der Waals surface area (Å²) in [4.78, 5) is 8.63. The van der Waals surface area contributed by atoms with Gasteiger partial charge in [0.25, 0.3) is 0 Å². The fraction of sp³-hybridized carbons (Fsp3) is 0.143. The first-order chi connectivity index (χ1) is 13.4. The largest absolute Gasteiger partial charge is 0.487 e. The van der Waals surface area contributed by atoms with Crippen LogP contribution in [0, 0.1) is 6.92 Å². The van der Waals surface area contributed by atoms with Gasteiger partial charge in [0, 0.05) is 39.6 Å². The fourth-order valence-corrected chi connectivity index (χ4v) is 3.49. The second-order valence-electron chi connectivity index (χ2n) is 6.09. The second-order valence-corrected chi connectivity index (χ2v) is 7.47. The van der Waals surface area contributed by atoms with Crippen LogP contribution in [0.2, 0.25) is 10.0 Å². The highest BCUT2D eigenvalue weighted by atomic mass is 35.5. The van der Waals surface area contributed by atoms with Crippen molar-refractivity contribution in [1.82, 2.24) is 15.3 Å². The van der Waals surface area contributed by atoms with Gasteiger partial charge in [-0.25, -0.2) is 4.98 Å². The van der Waals surface area contributed by atoms with Crippen molar-refractivity contribution in [2.75, 3.05) is 0 Å². The molecular weight excluding hydrogens is 417 g/mol. The third-order valence-electron chi connectivity index (χ3n) is 4.12. The Morgan fingerprint density at radius 1 is 1.25 bits per heavy atom. The number of para-hydroxylation sites is 1. The van der Waals surface area contributed by atoms with E-state index in [0.717, 1.165) is 27.9 Å². The van der Waals surface area contributed by atoms with E-state index in [4.69, 9.17) is 39.5 Å². The number of allylic oxidation sites excluding steroid dienone is 1. The molecule has 28 heavy (non-hydrogen) atoms. The van der Waals surface area contributed by atoms with Crippen LogP contribution in [0.3, 0.4) is 0 Å². The highest BCUT2D eigenvalue weighted by Gasteiger charge is 2.14. The number of aromatic nitrogens is 2. The maximum atomic E-state index is 6.31. The highest BCUT2D eigenvalue weighted by molar-refractivity contribution is 6.35. The molecule has 2 heterocycles. The summed E-state index contributed by atoms with van der Waals surface area (Å²) in [5.74, 6) is 0.622. The Balaban J connectivity index is 2.08. The van der Waals surface area contributed by atoms with E-state index in [1.807, 2.05) is 38.1 Å². The molecule has 1 N–H and O–H groups in total. The number of halogens is 3. The molecule has 3 aromatic rings. The van der Waals surface area contributed by atoms with Crippen molar-refractivity contribution < 1.29 is 4.74 Å². The van der Waals surface area contributed by atoms with Crippen LogP contribution in [0.5, 0.6) is 5.75 Å². The average molecular weight is 435 g/mol. The van der Waals surface area contributed by atoms with Crippen LogP contribution in [0.15, 0.2) is 54.5 Å². The normalized spacial score (nSPS) is 11.9. The van der Waals surface area contributed by atoms with Gasteiger partial charge >= 0.3 is 0 Å². The number of hydrogen-bond donors (Lipinski definition) is 1. The predicted octanol–water partition coefficient (Wildman–Crippen LogP) is 6.48. The van der Waals surface area contributed by atoms with Gasteiger partial charge in [-0.2, -0.15) is 0 Å². The van der Waals surface area contributed by atoms with Crippen LogP contribution in [0.25, 0.3) is 16.6 Å². The lowest BCUT2D eigenvalue weighted by molar-refractivity contribution is 0.309. The van der Waals surface area contributed by atoms with E-state index in [1.165, 1.54) is 12.4 Å². The first-order valence-corrected chi connectivity index (χ1v) is 9.61. The Kier molecular flexibility index (Phi) is 6.45. The van der Waals surface area contributed by atoms with E-state index >= 15 is 0 Å². The summed E-state index contributed by atoms with van der Waals surface area (Å²) in [6, 6.07) is 7.71. The third kappa shape index (κ3) is 4.25. The molecule has 1 aromatic carbocycles. The van der Waals surface area contributed by atoms with Crippen LogP contribution >= 0.6 is 34.8 Å². The Morgan fingerprint density at radius 3 is 2.61 bits per heavy atom. The molecule has 0 aliphatic rings. The first-order valence-electron chi connectivity index (χ1n) is 8.47. The van der Waals surface area contributed by atoms with Gasteiger partial charge < -0.3 is 10.1 Å². The molecule has 0 spiro atoms. The monoisotopic (exact) mass is 433 g/mol. The second kappa shape index (κ2) is 8.82. The lowest BCUT2D eigenvalue weighted by Crippen LogP contribution is -2.07. The van der Waals surface area contributed by atoms with Gasteiger partial charge in [-0.1, -0.05) is 53.5 Å². The van der Waals surface area contributed by atoms with Gasteiger partial charge in [-0.3, -0.25) is 4.98 Å². The summed E-state index contributed by atoms with van der Waals surface area (Å²) < 4.78 is 6.03. The third-order valence-corrected chi connectivity index (χ3v) is 4.96. The van der Waals surface area contributed by atoms with Crippen LogP contribution in [0.4, 0.5) is 0 Å². The topological polar surface area (TPSA) is 47.0 Å². The van der Waals surface area contributed by atoms with E-state index in [1.54, 1.807) is 6.20 Å². The summed E-state index contributed by atoms with van der Waals surface area (Å²) in [5.41, 5.74) is 3.92. The Bertz CT molecular complexity index is 1060. The van der Waals surface area contributed by atoms with Crippen molar-refractivity contribution in [3.63, 3.8) is 0 Å². The van der Waals surface area contributed by atoms with Gasteiger partial charge in [0.15, 0.2) is 0 Å². The zero-order valence-electron chi connectivity index (χ0n) is 15.4. The minimum Gasteiger partial charge on any atom is -0.487 e. The standard InChI is InChI=1S/C21H18Cl3N3O/c1-4-26-20(13(3)22)15-8-12(2)27-21-14(15)6-5-7-19(21)28-11-16-17(23)9-25-10-18(16)24/h4-10,26H,1,11H2,2-3H3/b20-13+.